The fraction of sp³-hybridized carbons (Fsp3) is 0.273. The molecule has 1 rings (SSSR count). The zero-order valence-electron chi connectivity index (χ0n) is 8.83. The van der Waals surface area contributed by atoms with E-state index in [4.69, 9.17) is 5.73 Å². The predicted octanol–water partition coefficient (Wildman–Crippen LogP) is 1.44. The number of benzene rings is 1. The van der Waals surface area contributed by atoms with Crippen molar-refractivity contribution in [1.29, 1.82) is 0 Å². The van der Waals surface area contributed by atoms with Crippen molar-refractivity contribution in [2.75, 3.05) is 5.32 Å². The van der Waals surface area contributed by atoms with Crippen molar-refractivity contribution in [2.24, 2.45) is 5.73 Å². The fourth-order valence-corrected chi connectivity index (χ4v) is 1.28. The quantitative estimate of drug-likeness (QED) is 0.785. The predicted molar refractivity (Wildman–Crippen MR) is 58.6 cm³/mol. The molecule has 4 nitrogen and oxygen atoms in total. The smallest absolute Gasteiger partial charge is 0.249 e. The average Bonchev–Trinajstić information content (AvgIpc) is 2.20. The van der Waals surface area contributed by atoms with E-state index in [1.807, 2.05) is 0 Å². The molecular weight excluding hydrogens is 192 g/mol. The summed E-state index contributed by atoms with van der Waals surface area (Å²) in [5.41, 5.74) is 6.97. The number of primary amides is 1. The first kappa shape index (κ1) is 11.2. The third-order valence-corrected chi connectivity index (χ3v) is 2.19. The molecule has 3 N–H and O–H groups in total. The van der Waals surface area contributed by atoms with Gasteiger partial charge in [-0.15, -0.1) is 0 Å². The Hall–Kier alpha value is -1.84. The molecule has 0 aliphatic carbocycles. The highest BCUT2D eigenvalue weighted by Crippen LogP contribution is 2.18. The fourth-order valence-electron chi connectivity index (χ4n) is 1.28. The molecule has 0 aromatic heterocycles. The molecule has 0 atom stereocenters. The molecule has 0 saturated heterocycles. The summed E-state index contributed by atoms with van der Waals surface area (Å²) in [4.78, 5) is 22.2. The lowest BCUT2D eigenvalue weighted by atomic mass is 10.1. The molecule has 0 radical (unpaired) electrons. The molecule has 0 saturated carbocycles. The number of hydrogen-bond acceptors (Lipinski definition) is 2. The first-order valence-corrected chi connectivity index (χ1v) is 4.75. The van der Waals surface area contributed by atoms with Crippen molar-refractivity contribution >= 4 is 17.5 Å². The van der Waals surface area contributed by atoms with Crippen LogP contribution in [0, 0.1) is 6.92 Å². The van der Waals surface area contributed by atoms with Crippen LogP contribution in [0.2, 0.25) is 0 Å². The molecule has 0 spiro atoms. The topological polar surface area (TPSA) is 72.2 Å². The van der Waals surface area contributed by atoms with E-state index >= 15 is 0 Å². The number of amides is 2. The van der Waals surface area contributed by atoms with Gasteiger partial charge in [0.1, 0.15) is 0 Å². The van der Waals surface area contributed by atoms with E-state index in [9.17, 15) is 9.59 Å². The summed E-state index contributed by atoms with van der Waals surface area (Å²) in [5.74, 6) is -0.570. The molecule has 15 heavy (non-hydrogen) atoms. The first-order valence-electron chi connectivity index (χ1n) is 4.75. The Balaban J connectivity index is 3.04. The van der Waals surface area contributed by atoms with Crippen LogP contribution < -0.4 is 11.1 Å². The van der Waals surface area contributed by atoms with Gasteiger partial charge in [-0.2, -0.15) is 0 Å². The molecule has 2 amide bonds. The van der Waals surface area contributed by atoms with E-state index in [0.717, 1.165) is 0 Å². The van der Waals surface area contributed by atoms with Crippen LogP contribution in [-0.4, -0.2) is 11.8 Å². The second kappa shape index (κ2) is 4.59. The van der Waals surface area contributed by atoms with Crippen LogP contribution in [0.1, 0.15) is 29.3 Å². The molecule has 1 aromatic carbocycles. The van der Waals surface area contributed by atoms with Gasteiger partial charge in [0.25, 0.3) is 0 Å². The maximum Gasteiger partial charge on any atom is 0.249 e. The largest absolute Gasteiger partial charge is 0.366 e. The average molecular weight is 206 g/mol. The van der Waals surface area contributed by atoms with E-state index in [-0.39, 0.29) is 5.91 Å². The van der Waals surface area contributed by atoms with Crippen molar-refractivity contribution in [3.8, 4) is 0 Å². The Morgan fingerprint density at radius 3 is 2.60 bits per heavy atom. The SMILES string of the molecule is CCC(=O)Nc1cccc(C(N)=O)c1C. The Kier molecular flexibility index (Phi) is 3.44. The molecule has 80 valence electrons. The Bertz CT molecular complexity index is 400. The van der Waals surface area contributed by atoms with Crippen LogP contribution in [-0.2, 0) is 4.79 Å². The van der Waals surface area contributed by atoms with Crippen LogP contribution in [0.4, 0.5) is 5.69 Å². The van der Waals surface area contributed by atoms with Crippen molar-refractivity contribution in [2.45, 2.75) is 20.3 Å². The number of anilines is 1. The van der Waals surface area contributed by atoms with Gasteiger partial charge in [0.05, 0.1) is 0 Å². The molecule has 1 aromatic rings. The number of nitrogens with one attached hydrogen (secondary N) is 1. The van der Waals surface area contributed by atoms with Gasteiger partial charge in [-0.1, -0.05) is 13.0 Å². The molecule has 0 bridgehead atoms. The normalized spacial score (nSPS) is 9.73. The lowest BCUT2D eigenvalue weighted by Gasteiger charge is -2.09. The monoisotopic (exact) mass is 206 g/mol. The van der Waals surface area contributed by atoms with Crippen molar-refractivity contribution in [3.63, 3.8) is 0 Å². The van der Waals surface area contributed by atoms with E-state index in [1.54, 1.807) is 32.0 Å². The lowest BCUT2D eigenvalue weighted by Crippen LogP contribution is -2.16. The van der Waals surface area contributed by atoms with E-state index in [0.29, 0.717) is 23.2 Å². The summed E-state index contributed by atoms with van der Waals surface area (Å²) in [6.07, 6.45) is 0.403. The number of nitrogens with two attached hydrogens (primary N) is 1. The van der Waals surface area contributed by atoms with Crippen LogP contribution >= 0.6 is 0 Å². The van der Waals surface area contributed by atoms with Gasteiger partial charge in [0, 0.05) is 17.7 Å². The molecule has 0 fully saturated rings. The Labute approximate surface area is 88.5 Å². The van der Waals surface area contributed by atoms with Gasteiger partial charge in [0.2, 0.25) is 11.8 Å². The van der Waals surface area contributed by atoms with Gasteiger partial charge in [-0.05, 0) is 24.6 Å². The number of carbonyl (C=O) groups is 2. The third-order valence-electron chi connectivity index (χ3n) is 2.19. The highest BCUT2D eigenvalue weighted by atomic mass is 16.2. The summed E-state index contributed by atoms with van der Waals surface area (Å²) in [6, 6.07) is 5.08. The van der Waals surface area contributed by atoms with Crippen molar-refractivity contribution in [1.82, 2.24) is 0 Å². The minimum absolute atomic E-state index is 0.0836. The summed E-state index contributed by atoms with van der Waals surface area (Å²) in [6.45, 7) is 3.52. The van der Waals surface area contributed by atoms with E-state index in [1.165, 1.54) is 0 Å². The molecular formula is C11H14N2O2. The molecule has 0 unspecified atom stereocenters. The minimum Gasteiger partial charge on any atom is -0.366 e. The van der Waals surface area contributed by atoms with E-state index < -0.39 is 5.91 Å². The summed E-state index contributed by atoms with van der Waals surface area (Å²) in [7, 11) is 0. The van der Waals surface area contributed by atoms with E-state index in [2.05, 4.69) is 5.32 Å². The van der Waals surface area contributed by atoms with Crippen LogP contribution in [0.15, 0.2) is 18.2 Å². The molecule has 0 aliphatic rings. The lowest BCUT2D eigenvalue weighted by molar-refractivity contribution is -0.115. The standard InChI is InChI=1S/C11H14N2O2/c1-3-10(14)13-9-6-4-5-8(7(9)2)11(12)15/h4-6H,3H2,1-2H3,(H2,12,15)(H,13,14). The number of carbonyl (C=O) groups excluding carboxylic acids is 2. The second-order valence-electron chi connectivity index (χ2n) is 3.24. The summed E-state index contributed by atoms with van der Waals surface area (Å²) >= 11 is 0. The highest BCUT2D eigenvalue weighted by Gasteiger charge is 2.09. The van der Waals surface area contributed by atoms with Crippen LogP contribution in [0.25, 0.3) is 0 Å². The second-order valence-corrected chi connectivity index (χ2v) is 3.24. The van der Waals surface area contributed by atoms with Crippen molar-refractivity contribution < 1.29 is 9.59 Å². The zero-order valence-corrected chi connectivity index (χ0v) is 8.83. The van der Waals surface area contributed by atoms with Crippen LogP contribution in [0.5, 0.6) is 0 Å². The van der Waals surface area contributed by atoms with Gasteiger partial charge in [-0.3, -0.25) is 9.59 Å². The highest BCUT2D eigenvalue weighted by molar-refractivity contribution is 5.98. The van der Waals surface area contributed by atoms with Gasteiger partial charge in [0.15, 0.2) is 0 Å². The zero-order chi connectivity index (χ0) is 11.4. The Morgan fingerprint density at radius 1 is 1.40 bits per heavy atom. The maximum absolute atomic E-state index is 11.2. The van der Waals surface area contributed by atoms with Gasteiger partial charge in [-0.25, -0.2) is 0 Å². The molecule has 0 heterocycles. The van der Waals surface area contributed by atoms with Gasteiger partial charge < -0.3 is 11.1 Å². The maximum atomic E-state index is 11.2. The van der Waals surface area contributed by atoms with Gasteiger partial charge >= 0.3 is 0 Å². The summed E-state index contributed by atoms with van der Waals surface area (Å²) < 4.78 is 0. The van der Waals surface area contributed by atoms with Crippen molar-refractivity contribution in [3.05, 3.63) is 29.3 Å². The van der Waals surface area contributed by atoms with Crippen LogP contribution in [0.3, 0.4) is 0 Å². The number of hydrogen-bond donors (Lipinski definition) is 2. The molecule has 4 heteroatoms. The third kappa shape index (κ3) is 2.56. The summed E-state index contributed by atoms with van der Waals surface area (Å²) in [5, 5.41) is 2.71. The first-order chi connectivity index (χ1) is 7.06. The number of rotatable bonds is 3. The Morgan fingerprint density at radius 2 is 2.07 bits per heavy atom. The molecule has 0 aliphatic heterocycles. The minimum atomic E-state index is -0.486.